The normalized spacial score (nSPS) is 15.1. The molecule has 6 rings (SSSR count). The van der Waals surface area contributed by atoms with E-state index in [9.17, 15) is 8.42 Å². The van der Waals surface area contributed by atoms with Gasteiger partial charge in [-0.1, -0.05) is 84.0 Å². The fourth-order valence-corrected chi connectivity index (χ4v) is 8.48. The van der Waals surface area contributed by atoms with Crippen molar-refractivity contribution in [2.45, 2.75) is 62.2 Å². The van der Waals surface area contributed by atoms with Gasteiger partial charge in [0, 0.05) is 0 Å². The van der Waals surface area contributed by atoms with Crippen LogP contribution in [0.4, 0.5) is 0 Å². The Kier molecular flexibility index (Phi) is 13.7. The highest BCUT2D eigenvalue weighted by molar-refractivity contribution is 7.91. The Morgan fingerprint density at radius 2 is 1.05 bits per heavy atom. The van der Waals surface area contributed by atoms with Crippen LogP contribution in [-0.4, -0.2) is 8.42 Å². The lowest BCUT2D eigenvalue weighted by Gasteiger charge is -2.18. The highest BCUT2D eigenvalue weighted by atomic mass is 32.2. The number of allylic oxidation sites excluding steroid dienone is 12. The van der Waals surface area contributed by atoms with Crippen molar-refractivity contribution in [2.75, 3.05) is 0 Å². The molecule has 2 aliphatic rings. The summed E-state index contributed by atoms with van der Waals surface area (Å²) in [6.45, 7) is 11.8. The highest BCUT2D eigenvalue weighted by Crippen LogP contribution is 2.37. The van der Waals surface area contributed by atoms with E-state index < -0.39 is 9.84 Å². The highest BCUT2D eigenvalue weighted by Gasteiger charge is 2.27. The van der Waals surface area contributed by atoms with Gasteiger partial charge in [-0.05, 0) is 146 Å². The van der Waals surface area contributed by atoms with Gasteiger partial charge in [0.25, 0.3) is 12.5 Å². The molecule has 0 heterocycles. The standard InChI is InChI=1S/C50H44N2O6S/c1-5-11-41-31-37(17-27-45(41)55-33-51)29-35(3)39-19-23-43(24-20-39)57-47-13-7-9-15-49(47)59(53,54)50-16-10-8-14-48(50)58-44-25-21-40(22-26-44)36(4)30-38-18-28-46(56-34-52)42(32-38)12-6-2/h5-10,13-19,21,23-28,31-32H,1-2,11-12,20,22,29-30H2,3-4H3. The van der Waals surface area contributed by atoms with E-state index >= 15 is 0 Å². The summed E-state index contributed by atoms with van der Waals surface area (Å²) in [5.74, 6) is 2.56. The topological polar surface area (TPSA) is 119 Å². The number of nitriles is 2. The third kappa shape index (κ3) is 10.3. The molecule has 0 saturated carbocycles. The van der Waals surface area contributed by atoms with E-state index in [-0.39, 0.29) is 21.3 Å². The van der Waals surface area contributed by atoms with Gasteiger partial charge in [-0.15, -0.1) is 23.7 Å². The van der Waals surface area contributed by atoms with Crippen molar-refractivity contribution >= 4 is 9.84 Å². The molecule has 8 nitrogen and oxygen atoms in total. The van der Waals surface area contributed by atoms with Gasteiger partial charge >= 0.3 is 0 Å². The molecule has 0 atom stereocenters. The Bertz CT molecular complexity index is 2490. The zero-order valence-corrected chi connectivity index (χ0v) is 33.9. The van der Waals surface area contributed by atoms with E-state index in [2.05, 4.69) is 27.0 Å². The quantitative estimate of drug-likeness (QED) is 0.0812. The zero-order chi connectivity index (χ0) is 41.8. The van der Waals surface area contributed by atoms with Crippen molar-refractivity contribution in [2.24, 2.45) is 0 Å². The van der Waals surface area contributed by atoms with Crippen LogP contribution < -0.4 is 18.9 Å². The molecular weight excluding hydrogens is 757 g/mol. The maximum absolute atomic E-state index is 14.3. The molecule has 296 valence electrons. The minimum Gasteiger partial charge on any atom is -0.456 e. The molecule has 4 aromatic rings. The Labute approximate surface area is 346 Å². The lowest BCUT2D eigenvalue weighted by molar-refractivity contribution is 0.423. The van der Waals surface area contributed by atoms with Crippen LogP contribution >= 0.6 is 0 Å². The van der Waals surface area contributed by atoms with Gasteiger partial charge in [-0.2, -0.15) is 0 Å². The first-order chi connectivity index (χ1) is 28.6. The molecule has 0 saturated heterocycles. The molecule has 0 aromatic heterocycles. The molecule has 59 heavy (non-hydrogen) atoms. The molecule has 2 aliphatic carbocycles. The van der Waals surface area contributed by atoms with Crippen LogP contribution in [0.3, 0.4) is 0 Å². The zero-order valence-electron chi connectivity index (χ0n) is 33.1. The van der Waals surface area contributed by atoms with Crippen molar-refractivity contribution in [1.82, 2.24) is 0 Å². The first-order valence-electron chi connectivity index (χ1n) is 19.1. The maximum Gasteiger partial charge on any atom is 0.292 e. The predicted molar refractivity (Wildman–Crippen MR) is 229 cm³/mol. The summed E-state index contributed by atoms with van der Waals surface area (Å²) in [5.41, 5.74) is 8.60. The van der Waals surface area contributed by atoms with Crippen LogP contribution in [0.2, 0.25) is 0 Å². The number of hydrogen-bond acceptors (Lipinski definition) is 8. The van der Waals surface area contributed by atoms with Gasteiger partial charge in [0.15, 0.2) is 0 Å². The van der Waals surface area contributed by atoms with Gasteiger partial charge in [0.2, 0.25) is 9.84 Å². The van der Waals surface area contributed by atoms with Crippen LogP contribution in [-0.2, 0) is 35.5 Å². The lowest BCUT2D eigenvalue weighted by Crippen LogP contribution is -2.08. The van der Waals surface area contributed by atoms with Gasteiger partial charge < -0.3 is 18.9 Å². The second-order valence-electron chi connectivity index (χ2n) is 14.1. The molecular formula is C50H44N2O6S. The van der Waals surface area contributed by atoms with Crippen molar-refractivity contribution in [1.29, 1.82) is 10.5 Å². The lowest BCUT2D eigenvalue weighted by atomic mass is 9.95. The smallest absolute Gasteiger partial charge is 0.292 e. The summed E-state index contributed by atoms with van der Waals surface area (Å²) >= 11 is 0. The molecule has 0 amide bonds. The van der Waals surface area contributed by atoms with Gasteiger partial charge in [0.05, 0.1) is 0 Å². The molecule has 0 N–H and O–H groups in total. The summed E-state index contributed by atoms with van der Waals surface area (Å²) < 4.78 is 51.4. The summed E-state index contributed by atoms with van der Waals surface area (Å²) in [4.78, 5) is 0.0546. The number of para-hydroxylation sites is 2. The fourth-order valence-electron chi connectivity index (χ4n) is 6.98. The van der Waals surface area contributed by atoms with Gasteiger partial charge in [0.1, 0.15) is 44.3 Å². The third-order valence-electron chi connectivity index (χ3n) is 10.0. The van der Waals surface area contributed by atoms with Crippen molar-refractivity contribution < 1.29 is 27.4 Å². The molecule has 0 unspecified atom stereocenters. The molecule has 0 fully saturated rings. The van der Waals surface area contributed by atoms with Gasteiger partial charge in [-0.25, -0.2) is 8.42 Å². The molecule has 0 radical (unpaired) electrons. The Morgan fingerprint density at radius 1 is 0.627 bits per heavy atom. The third-order valence-corrected chi connectivity index (χ3v) is 11.8. The number of rotatable bonds is 16. The SMILES string of the molecule is C=CCc1cc(CC(C)=C2C=CC(Oc3ccccc3S(=O)(=O)c3ccccc3OC3=CCC(=C(C)Cc4ccc(OC#N)c(CC=C)c4)C=C3)=CC2)ccc1OC#N. The van der Waals surface area contributed by atoms with Crippen molar-refractivity contribution in [3.05, 3.63) is 203 Å². The summed E-state index contributed by atoms with van der Waals surface area (Å²) in [7, 11) is -4.09. The largest absolute Gasteiger partial charge is 0.456 e. The molecule has 0 spiro atoms. The summed E-state index contributed by atoms with van der Waals surface area (Å²) in [6.07, 6.45) is 22.5. The second-order valence-corrected chi connectivity index (χ2v) is 16.0. The fraction of sp³-hybridized carbons (Fsp3) is 0.160. The van der Waals surface area contributed by atoms with E-state index in [1.165, 1.54) is 11.1 Å². The molecule has 0 aliphatic heterocycles. The first kappa shape index (κ1) is 41.6. The average Bonchev–Trinajstić information content (AvgIpc) is 3.24. The number of benzene rings is 4. The van der Waals surface area contributed by atoms with E-state index in [1.54, 1.807) is 73.2 Å². The van der Waals surface area contributed by atoms with E-state index in [0.717, 1.165) is 33.4 Å². The van der Waals surface area contributed by atoms with E-state index in [4.69, 9.17) is 29.5 Å². The number of hydrogen-bond donors (Lipinski definition) is 0. The number of ether oxygens (including phenoxy) is 4. The summed E-state index contributed by atoms with van der Waals surface area (Å²) in [5, 5.41) is 18.0. The van der Waals surface area contributed by atoms with E-state index in [1.807, 2.05) is 72.9 Å². The molecule has 0 bridgehead atoms. The molecule has 4 aromatic carbocycles. The first-order valence-corrected chi connectivity index (χ1v) is 20.6. The predicted octanol–water partition coefficient (Wildman–Crippen LogP) is 11.3. The Hall–Kier alpha value is -7.07. The number of nitrogens with zero attached hydrogens (tertiary/aromatic N) is 2. The molecule has 9 heteroatoms. The van der Waals surface area contributed by atoms with Crippen LogP contribution in [0, 0.1) is 23.0 Å². The minimum absolute atomic E-state index is 0.0273. The number of sulfone groups is 1. The Morgan fingerprint density at radius 3 is 1.42 bits per heavy atom. The van der Waals surface area contributed by atoms with Crippen LogP contribution in [0.25, 0.3) is 0 Å². The Balaban J connectivity index is 1.14. The average molecular weight is 801 g/mol. The monoisotopic (exact) mass is 800 g/mol. The van der Waals surface area contributed by atoms with Crippen molar-refractivity contribution in [3.63, 3.8) is 0 Å². The second kappa shape index (κ2) is 19.4. The summed E-state index contributed by atoms with van der Waals surface area (Å²) in [6, 6.07) is 24.8. The maximum atomic E-state index is 14.3. The minimum atomic E-state index is -4.09. The van der Waals surface area contributed by atoms with E-state index in [0.29, 0.717) is 61.5 Å². The van der Waals surface area contributed by atoms with Crippen LogP contribution in [0.1, 0.15) is 48.9 Å². The van der Waals surface area contributed by atoms with Crippen LogP contribution in [0.5, 0.6) is 23.0 Å². The van der Waals surface area contributed by atoms with Crippen LogP contribution in [0.15, 0.2) is 190 Å². The van der Waals surface area contributed by atoms with Crippen molar-refractivity contribution in [3.8, 4) is 35.5 Å². The van der Waals surface area contributed by atoms with Gasteiger partial charge in [-0.3, -0.25) is 0 Å².